The topological polar surface area (TPSA) is 64.0 Å². The average molecular weight is 354 g/mol. The minimum Gasteiger partial charge on any atom is -0.353 e. The van der Waals surface area contributed by atoms with E-state index in [-0.39, 0.29) is 23.3 Å². The van der Waals surface area contributed by atoms with Crippen LogP contribution in [-0.4, -0.2) is 27.3 Å². The van der Waals surface area contributed by atoms with Crippen LogP contribution in [0, 0.1) is 5.92 Å². The van der Waals surface area contributed by atoms with Gasteiger partial charge in [0, 0.05) is 12.6 Å². The summed E-state index contributed by atoms with van der Waals surface area (Å²) in [6, 6.07) is 2.01. The fourth-order valence-corrected chi connectivity index (χ4v) is 3.71. The molecule has 0 bridgehead atoms. The van der Waals surface area contributed by atoms with E-state index in [1.165, 1.54) is 23.1 Å². The van der Waals surface area contributed by atoms with Crippen LogP contribution in [0.5, 0.6) is 0 Å². The van der Waals surface area contributed by atoms with Crippen LogP contribution in [0.2, 0.25) is 0 Å². The lowest BCUT2D eigenvalue weighted by molar-refractivity contribution is -0.119. The molecule has 0 radical (unpaired) electrons. The molecule has 0 unspecified atom stereocenters. The fourth-order valence-electron chi connectivity index (χ4n) is 2.11. The van der Waals surface area contributed by atoms with Crippen LogP contribution in [0.3, 0.4) is 0 Å². The maximum Gasteiger partial charge on any atom is 0.272 e. The van der Waals surface area contributed by atoms with Crippen LogP contribution in [0.15, 0.2) is 21.4 Å². The Bertz CT molecular complexity index is 736. The third-order valence-corrected chi connectivity index (χ3v) is 5.30. The van der Waals surface area contributed by atoms with Crippen molar-refractivity contribution < 1.29 is 4.79 Å². The second-order valence-corrected chi connectivity index (χ2v) is 7.86. The second kappa shape index (κ2) is 7.97. The van der Waals surface area contributed by atoms with Gasteiger partial charge in [-0.25, -0.2) is 4.98 Å². The third kappa shape index (κ3) is 4.57. The van der Waals surface area contributed by atoms with Crippen molar-refractivity contribution >= 4 is 39.2 Å². The Balaban J connectivity index is 2.24. The van der Waals surface area contributed by atoms with Crippen molar-refractivity contribution in [1.82, 2.24) is 14.9 Å². The van der Waals surface area contributed by atoms with Crippen molar-refractivity contribution in [3.63, 3.8) is 0 Å². The van der Waals surface area contributed by atoms with Gasteiger partial charge in [-0.3, -0.25) is 14.2 Å². The maximum atomic E-state index is 12.6. The van der Waals surface area contributed by atoms with E-state index in [2.05, 4.69) is 24.1 Å². The van der Waals surface area contributed by atoms with Crippen LogP contribution in [-0.2, 0) is 11.3 Å². The van der Waals surface area contributed by atoms with Crippen molar-refractivity contribution in [2.45, 2.75) is 51.9 Å². The van der Waals surface area contributed by atoms with Crippen LogP contribution in [0.25, 0.3) is 10.2 Å². The Hall–Kier alpha value is -1.34. The molecule has 0 saturated heterocycles. The lowest BCUT2D eigenvalue weighted by Crippen LogP contribution is -2.33. The molecule has 0 fully saturated rings. The molecular formula is C16H23N3O2S2. The molecule has 7 heteroatoms. The molecule has 0 aliphatic carbocycles. The number of hydrogen-bond donors (Lipinski definition) is 1. The molecule has 1 amide bonds. The number of carbonyl (C=O) groups excluding carboxylic acids is 1. The lowest BCUT2D eigenvalue weighted by atomic mass is 10.2. The highest BCUT2D eigenvalue weighted by atomic mass is 32.2. The molecule has 5 nitrogen and oxygen atoms in total. The first-order valence-electron chi connectivity index (χ1n) is 7.82. The summed E-state index contributed by atoms with van der Waals surface area (Å²) in [6.07, 6.45) is 0.896. The van der Waals surface area contributed by atoms with Crippen molar-refractivity contribution in [3.05, 3.63) is 21.8 Å². The SMILES string of the molecule is CC[C@@H](C)NC(=O)CSc1nc2ccsc2c(=O)n1CC(C)C. The number of thioether (sulfide) groups is 1. The van der Waals surface area contributed by atoms with Gasteiger partial charge in [-0.1, -0.05) is 32.5 Å². The highest BCUT2D eigenvalue weighted by molar-refractivity contribution is 7.99. The predicted molar refractivity (Wildman–Crippen MR) is 97.3 cm³/mol. The van der Waals surface area contributed by atoms with Gasteiger partial charge in [0.15, 0.2) is 5.16 Å². The Kier molecular flexibility index (Phi) is 6.24. The third-order valence-electron chi connectivity index (χ3n) is 3.43. The van der Waals surface area contributed by atoms with E-state index in [1.54, 1.807) is 4.57 Å². The van der Waals surface area contributed by atoms with E-state index in [9.17, 15) is 9.59 Å². The number of thiophene rings is 1. The second-order valence-electron chi connectivity index (χ2n) is 6.00. The molecule has 126 valence electrons. The Morgan fingerprint density at radius 3 is 2.83 bits per heavy atom. The van der Waals surface area contributed by atoms with Crippen LogP contribution >= 0.6 is 23.1 Å². The van der Waals surface area contributed by atoms with Gasteiger partial charge in [0.1, 0.15) is 4.70 Å². The molecule has 0 aromatic carbocycles. The first-order chi connectivity index (χ1) is 10.9. The van der Waals surface area contributed by atoms with Gasteiger partial charge in [-0.05, 0) is 30.7 Å². The highest BCUT2D eigenvalue weighted by Crippen LogP contribution is 2.21. The van der Waals surface area contributed by atoms with Gasteiger partial charge in [-0.15, -0.1) is 11.3 Å². The molecule has 2 rings (SSSR count). The smallest absolute Gasteiger partial charge is 0.272 e. The van der Waals surface area contributed by atoms with Crippen molar-refractivity contribution in [2.75, 3.05) is 5.75 Å². The Morgan fingerprint density at radius 2 is 2.17 bits per heavy atom. The van der Waals surface area contributed by atoms with Crippen LogP contribution < -0.4 is 10.9 Å². The zero-order chi connectivity index (χ0) is 17.0. The van der Waals surface area contributed by atoms with Crippen molar-refractivity contribution in [1.29, 1.82) is 0 Å². The molecule has 0 aliphatic heterocycles. The normalized spacial score (nSPS) is 12.7. The minimum atomic E-state index is -0.0277. The summed E-state index contributed by atoms with van der Waals surface area (Å²) in [6.45, 7) is 8.75. The van der Waals surface area contributed by atoms with Gasteiger partial charge in [0.05, 0.1) is 11.3 Å². The Morgan fingerprint density at radius 1 is 1.43 bits per heavy atom. The zero-order valence-electron chi connectivity index (χ0n) is 14.0. The van der Waals surface area contributed by atoms with Crippen LogP contribution in [0.4, 0.5) is 0 Å². The summed E-state index contributed by atoms with van der Waals surface area (Å²) in [5.74, 6) is 0.574. The van der Waals surface area contributed by atoms with E-state index in [0.717, 1.165) is 6.42 Å². The summed E-state index contributed by atoms with van der Waals surface area (Å²) in [5, 5.41) is 5.43. The van der Waals surface area contributed by atoms with Gasteiger partial charge < -0.3 is 5.32 Å². The maximum absolute atomic E-state index is 12.6. The van der Waals surface area contributed by atoms with E-state index in [4.69, 9.17) is 0 Å². The standard InChI is InChI=1S/C16H23N3O2S2/c1-5-11(4)17-13(20)9-23-16-18-12-6-7-22-14(12)15(21)19(16)8-10(2)3/h6-7,10-11H,5,8-9H2,1-4H3,(H,17,20)/t11-/m1/s1. The van der Waals surface area contributed by atoms with Crippen molar-refractivity contribution in [2.24, 2.45) is 5.92 Å². The highest BCUT2D eigenvalue weighted by Gasteiger charge is 2.15. The molecule has 2 aromatic heterocycles. The number of nitrogens with one attached hydrogen (secondary N) is 1. The number of fused-ring (bicyclic) bond motifs is 1. The monoisotopic (exact) mass is 353 g/mol. The number of rotatable bonds is 7. The van der Waals surface area contributed by atoms with E-state index in [1.807, 2.05) is 25.3 Å². The first kappa shape index (κ1) is 18.0. The van der Waals surface area contributed by atoms with Gasteiger partial charge >= 0.3 is 0 Å². The van der Waals surface area contributed by atoms with E-state index in [0.29, 0.717) is 27.8 Å². The summed E-state index contributed by atoms with van der Waals surface area (Å²) >= 11 is 2.74. The van der Waals surface area contributed by atoms with Gasteiger partial charge in [0.25, 0.3) is 5.56 Å². The average Bonchev–Trinajstić information content (AvgIpc) is 2.96. The number of hydrogen-bond acceptors (Lipinski definition) is 5. The summed E-state index contributed by atoms with van der Waals surface area (Å²) < 4.78 is 2.38. The summed E-state index contributed by atoms with van der Waals surface area (Å²) in [4.78, 5) is 29.2. The molecule has 0 spiro atoms. The summed E-state index contributed by atoms with van der Waals surface area (Å²) in [7, 11) is 0. The number of amides is 1. The number of carbonyl (C=O) groups is 1. The van der Waals surface area contributed by atoms with E-state index < -0.39 is 0 Å². The molecule has 23 heavy (non-hydrogen) atoms. The molecule has 1 atom stereocenters. The molecule has 0 aliphatic rings. The predicted octanol–water partition coefficient (Wildman–Crippen LogP) is 3.12. The quantitative estimate of drug-likeness (QED) is 0.613. The van der Waals surface area contributed by atoms with Crippen LogP contribution in [0.1, 0.15) is 34.1 Å². The molecule has 1 N–H and O–H groups in total. The molecule has 0 saturated carbocycles. The van der Waals surface area contributed by atoms with Crippen molar-refractivity contribution in [3.8, 4) is 0 Å². The molecular weight excluding hydrogens is 330 g/mol. The van der Waals surface area contributed by atoms with Gasteiger partial charge in [0.2, 0.25) is 5.91 Å². The lowest BCUT2D eigenvalue weighted by Gasteiger charge is -2.14. The molecule has 2 aromatic rings. The minimum absolute atomic E-state index is 0.0106. The molecule has 2 heterocycles. The van der Waals surface area contributed by atoms with Gasteiger partial charge in [-0.2, -0.15) is 0 Å². The largest absolute Gasteiger partial charge is 0.353 e. The summed E-state index contributed by atoms with van der Waals surface area (Å²) in [5.41, 5.74) is 0.702. The first-order valence-corrected chi connectivity index (χ1v) is 9.69. The number of aromatic nitrogens is 2. The Labute approximate surface area is 144 Å². The fraction of sp³-hybridized carbons (Fsp3) is 0.562. The number of nitrogens with zero attached hydrogens (tertiary/aromatic N) is 2. The zero-order valence-corrected chi connectivity index (χ0v) is 15.6. The van der Waals surface area contributed by atoms with E-state index >= 15 is 0 Å².